The Balaban J connectivity index is 2.87. The van der Waals surface area contributed by atoms with Crippen LogP contribution in [-0.2, 0) is 0 Å². The van der Waals surface area contributed by atoms with Gasteiger partial charge in [-0.1, -0.05) is 42.4 Å². The Labute approximate surface area is 81.1 Å². The van der Waals surface area contributed by atoms with E-state index in [1.807, 2.05) is 19.1 Å². The molecule has 0 unspecified atom stereocenters. The first kappa shape index (κ1) is 9.62. The molecule has 1 nitrogen and oxygen atoms in total. The third-order valence-corrected chi connectivity index (χ3v) is 2.47. The maximum absolute atomic E-state index is 11.3. The van der Waals surface area contributed by atoms with E-state index in [4.69, 9.17) is 11.6 Å². The number of carbonyl (C=O) groups excluding carboxylic acids is 1. The van der Waals surface area contributed by atoms with E-state index < -0.39 is 0 Å². The van der Waals surface area contributed by atoms with E-state index in [0.29, 0.717) is 10.6 Å². The Bertz CT molecular complexity index is 286. The highest BCUT2D eigenvalue weighted by Crippen LogP contribution is 2.20. The highest BCUT2D eigenvalue weighted by molar-refractivity contribution is 8.14. The molecule has 0 atom stereocenters. The van der Waals surface area contributed by atoms with Crippen molar-refractivity contribution in [3.8, 4) is 0 Å². The van der Waals surface area contributed by atoms with Gasteiger partial charge in [-0.25, -0.2) is 0 Å². The molecule has 0 aliphatic heterocycles. The maximum Gasteiger partial charge on any atom is 0.220 e. The third kappa shape index (κ3) is 2.26. The molecule has 12 heavy (non-hydrogen) atoms. The molecular weight excluding hydrogens is 192 g/mol. The molecule has 0 heterocycles. The van der Waals surface area contributed by atoms with Gasteiger partial charge in [0.2, 0.25) is 5.12 Å². The summed E-state index contributed by atoms with van der Waals surface area (Å²) >= 11 is 7.10. The molecule has 0 spiro atoms. The Morgan fingerprint density at radius 2 is 2.17 bits per heavy atom. The summed E-state index contributed by atoms with van der Waals surface area (Å²) in [6.07, 6.45) is 0. The lowest BCUT2D eigenvalue weighted by Crippen LogP contribution is -1.94. The minimum Gasteiger partial charge on any atom is -0.282 e. The van der Waals surface area contributed by atoms with E-state index in [2.05, 4.69) is 0 Å². The molecule has 0 saturated carbocycles. The summed E-state index contributed by atoms with van der Waals surface area (Å²) in [5.41, 5.74) is 0.603. The van der Waals surface area contributed by atoms with E-state index in [1.165, 1.54) is 11.8 Å². The lowest BCUT2D eigenvalue weighted by Gasteiger charge is -1.99. The first-order valence-electron chi connectivity index (χ1n) is 3.67. The number of halogens is 1. The average Bonchev–Trinajstić information content (AvgIpc) is 2.05. The number of benzene rings is 1. The van der Waals surface area contributed by atoms with E-state index in [-0.39, 0.29) is 5.12 Å². The van der Waals surface area contributed by atoms with Crippen LogP contribution in [0.5, 0.6) is 0 Å². The van der Waals surface area contributed by atoms with Gasteiger partial charge in [-0.2, -0.15) is 0 Å². The van der Waals surface area contributed by atoms with Gasteiger partial charge in [0.1, 0.15) is 0 Å². The molecule has 1 rings (SSSR count). The monoisotopic (exact) mass is 200 g/mol. The van der Waals surface area contributed by atoms with Crippen molar-refractivity contribution in [2.45, 2.75) is 6.92 Å². The van der Waals surface area contributed by atoms with Gasteiger partial charge in [-0.15, -0.1) is 0 Å². The van der Waals surface area contributed by atoms with Crippen LogP contribution >= 0.6 is 23.4 Å². The Hall–Kier alpha value is -0.470. The summed E-state index contributed by atoms with van der Waals surface area (Å²) in [6.45, 7) is 1.94. The molecule has 0 amide bonds. The van der Waals surface area contributed by atoms with Crippen LogP contribution in [0.4, 0.5) is 0 Å². The largest absolute Gasteiger partial charge is 0.282 e. The number of carbonyl (C=O) groups is 1. The van der Waals surface area contributed by atoms with E-state index in [9.17, 15) is 4.79 Å². The van der Waals surface area contributed by atoms with Gasteiger partial charge in [0.05, 0.1) is 5.02 Å². The summed E-state index contributed by atoms with van der Waals surface area (Å²) in [5.74, 6) is 0.782. The molecule has 0 aliphatic carbocycles. The first-order valence-corrected chi connectivity index (χ1v) is 5.03. The summed E-state index contributed by atoms with van der Waals surface area (Å²) in [5, 5.41) is 0.576. The molecule has 0 N–H and O–H groups in total. The van der Waals surface area contributed by atoms with Crippen molar-refractivity contribution < 1.29 is 4.79 Å². The topological polar surface area (TPSA) is 17.1 Å². The smallest absolute Gasteiger partial charge is 0.220 e. The van der Waals surface area contributed by atoms with Crippen LogP contribution in [0.2, 0.25) is 5.02 Å². The lowest BCUT2D eigenvalue weighted by atomic mass is 10.2. The second kappa shape index (κ2) is 4.53. The SMILES string of the molecule is CCSC(=O)c1ccccc1Cl. The van der Waals surface area contributed by atoms with Crippen molar-refractivity contribution in [2.75, 3.05) is 5.75 Å². The molecule has 0 aliphatic rings. The zero-order chi connectivity index (χ0) is 8.97. The van der Waals surface area contributed by atoms with Crippen LogP contribution in [-0.4, -0.2) is 10.9 Å². The number of rotatable bonds is 2. The summed E-state index contributed by atoms with van der Waals surface area (Å²) in [7, 11) is 0. The van der Waals surface area contributed by atoms with Crippen molar-refractivity contribution in [2.24, 2.45) is 0 Å². The van der Waals surface area contributed by atoms with Crippen molar-refractivity contribution in [3.63, 3.8) is 0 Å². The van der Waals surface area contributed by atoms with Crippen LogP contribution < -0.4 is 0 Å². The van der Waals surface area contributed by atoms with Crippen molar-refractivity contribution in [1.29, 1.82) is 0 Å². The molecule has 0 radical (unpaired) electrons. The molecule has 0 fully saturated rings. The fourth-order valence-corrected chi connectivity index (χ4v) is 1.71. The highest BCUT2D eigenvalue weighted by atomic mass is 35.5. The second-order valence-electron chi connectivity index (χ2n) is 2.20. The normalized spacial score (nSPS) is 9.83. The van der Waals surface area contributed by atoms with Gasteiger partial charge in [-0.05, 0) is 17.9 Å². The van der Waals surface area contributed by atoms with Gasteiger partial charge in [0.25, 0.3) is 0 Å². The molecule has 1 aromatic rings. The number of hydrogen-bond donors (Lipinski definition) is 0. The van der Waals surface area contributed by atoms with Gasteiger partial charge in [0.15, 0.2) is 0 Å². The van der Waals surface area contributed by atoms with Gasteiger partial charge < -0.3 is 0 Å². The second-order valence-corrected chi connectivity index (χ2v) is 3.84. The minimum atomic E-state index is 0.0445. The predicted molar refractivity (Wildman–Crippen MR) is 53.9 cm³/mol. The van der Waals surface area contributed by atoms with Crippen LogP contribution in [0.3, 0.4) is 0 Å². The van der Waals surface area contributed by atoms with Gasteiger partial charge >= 0.3 is 0 Å². The molecule has 0 aromatic heterocycles. The zero-order valence-electron chi connectivity index (χ0n) is 6.71. The first-order chi connectivity index (χ1) is 5.75. The number of hydrogen-bond acceptors (Lipinski definition) is 2. The quantitative estimate of drug-likeness (QED) is 0.729. The average molecular weight is 201 g/mol. The third-order valence-electron chi connectivity index (χ3n) is 1.37. The fraction of sp³-hybridized carbons (Fsp3) is 0.222. The van der Waals surface area contributed by atoms with E-state index in [1.54, 1.807) is 12.1 Å². The molecule has 0 bridgehead atoms. The Kier molecular flexibility index (Phi) is 3.63. The minimum absolute atomic E-state index is 0.0445. The molecule has 64 valence electrons. The Morgan fingerprint density at radius 3 is 2.75 bits per heavy atom. The molecule has 0 saturated heterocycles. The van der Waals surface area contributed by atoms with Crippen molar-refractivity contribution in [1.82, 2.24) is 0 Å². The summed E-state index contributed by atoms with van der Waals surface area (Å²) in [6, 6.07) is 7.10. The van der Waals surface area contributed by atoms with Crippen LogP contribution in [0.25, 0.3) is 0 Å². The summed E-state index contributed by atoms with van der Waals surface area (Å²) < 4.78 is 0. The highest BCUT2D eigenvalue weighted by Gasteiger charge is 2.07. The predicted octanol–water partition coefficient (Wildman–Crippen LogP) is 3.23. The van der Waals surface area contributed by atoms with Gasteiger partial charge in [0, 0.05) is 5.56 Å². The van der Waals surface area contributed by atoms with Crippen LogP contribution in [0, 0.1) is 0 Å². The van der Waals surface area contributed by atoms with Crippen LogP contribution in [0.1, 0.15) is 17.3 Å². The standard InChI is InChI=1S/C9H9ClOS/c1-2-12-9(11)7-5-3-4-6-8(7)10/h3-6H,2H2,1H3. The zero-order valence-corrected chi connectivity index (χ0v) is 8.28. The van der Waals surface area contributed by atoms with Crippen LogP contribution in [0.15, 0.2) is 24.3 Å². The fourth-order valence-electron chi connectivity index (χ4n) is 0.836. The Morgan fingerprint density at radius 1 is 1.50 bits per heavy atom. The van der Waals surface area contributed by atoms with Crippen molar-refractivity contribution in [3.05, 3.63) is 34.9 Å². The van der Waals surface area contributed by atoms with E-state index >= 15 is 0 Å². The molecule has 1 aromatic carbocycles. The number of thioether (sulfide) groups is 1. The maximum atomic E-state index is 11.3. The van der Waals surface area contributed by atoms with Gasteiger partial charge in [-0.3, -0.25) is 4.79 Å². The van der Waals surface area contributed by atoms with E-state index in [0.717, 1.165) is 5.75 Å². The summed E-state index contributed by atoms with van der Waals surface area (Å²) in [4.78, 5) is 11.3. The molecular formula is C9H9ClOS. The lowest BCUT2D eigenvalue weighted by molar-refractivity contribution is 0.108. The molecule has 3 heteroatoms. The van der Waals surface area contributed by atoms with Crippen molar-refractivity contribution >= 4 is 28.5 Å².